The minimum Gasteiger partial charge on any atom is -0.492 e. The number of rotatable bonds is 5. The molecule has 2 aromatic rings. The molecular weight excluding hydrogens is 354 g/mol. The predicted octanol–water partition coefficient (Wildman–Crippen LogP) is 4.02. The Hall–Kier alpha value is -3.02. The van der Waals surface area contributed by atoms with Crippen LogP contribution in [0.15, 0.2) is 42.5 Å². The van der Waals surface area contributed by atoms with Crippen molar-refractivity contribution in [1.29, 1.82) is 0 Å². The van der Waals surface area contributed by atoms with Gasteiger partial charge in [0.15, 0.2) is 0 Å². The maximum absolute atomic E-state index is 12.4. The van der Waals surface area contributed by atoms with E-state index in [-0.39, 0.29) is 17.9 Å². The quantitative estimate of drug-likeness (QED) is 0.824. The summed E-state index contributed by atoms with van der Waals surface area (Å²) in [7, 11) is 0. The third-order valence-electron chi connectivity index (χ3n) is 5.15. The molecule has 1 fully saturated rings. The Morgan fingerprint density at radius 1 is 1.11 bits per heavy atom. The lowest BCUT2D eigenvalue weighted by Gasteiger charge is -2.29. The van der Waals surface area contributed by atoms with E-state index in [2.05, 4.69) is 10.6 Å². The lowest BCUT2D eigenvalue weighted by molar-refractivity contribution is -0.133. The number of carbonyl (C=O) groups is 2. The molecule has 146 valence electrons. The summed E-state index contributed by atoms with van der Waals surface area (Å²) < 4.78 is 5.54. The highest BCUT2D eigenvalue weighted by Gasteiger charge is 2.34. The van der Waals surface area contributed by atoms with Crippen LogP contribution < -0.4 is 15.4 Å². The fourth-order valence-corrected chi connectivity index (χ4v) is 3.55. The molecule has 0 atom stereocenters. The summed E-state index contributed by atoms with van der Waals surface area (Å²) in [5, 5.41) is 5.71. The second-order valence-corrected chi connectivity index (χ2v) is 7.28. The average molecular weight is 379 g/mol. The van der Waals surface area contributed by atoms with Crippen molar-refractivity contribution in [3.63, 3.8) is 0 Å². The number of amides is 3. The predicted molar refractivity (Wildman–Crippen MR) is 109 cm³/mol. The van der Waals surface area contributed by atoms with Crippen molar-refractivity contribution >= 4 is 23.3 Å². The average Bonchev–Trinajstić information content (AvgIpc) is 3.54. The number of hydrogen-bond donors (Lipinski definition) is 2. The van der Waals surface area contributed by atoms with Gasteiger partial charge in [0.2, 0.25) is 5.91 Å². The molecule has 6 heteroatoms. The molecule has 4 rings (SSSR count). The fraction of sp³-hybridized carbons (Fsp3) is 0.364. The monoisotopic (exact) mass is 379 g/mol. The van der Waals surface area contributed by atoms with Crippen molar-refractivity contribution < 1.29 is 14.3 Å². The first-order valence-electron chi connectivity index (χ1n) is 9.84. The van der Waals surface area contributed by atoms with Crippen molar-refractivity contribution in [3.05, 3.63) is 53.6 Å². The molecule has 1 aliphatic carbocycles. The van der Waals surface area contributed by atoms with Crippen molar-refractivity contribution in [2.75, 3.05) is 23.8 Å². The van der Waals surface area contributed by atoms with E-state index in [4.69, 9.17) is 4.74 Å². The summed E-state index contributed by atoms with van der Waals surface area (Å²) in [6, 6.07) is 12.9. The van der Waals surface area contributed by atoms with E-state index in [1.54, 1.807) is 6.07 Å². The topological polar surface area (TPSA) is 70.7 Å². The van der Waals surface area contributed by atoms with E-state index in [0.717, 1.165) is 31.4 Å². The highest BCUT2D eigenvalue weighted by molar-refractivity contribution is 6.00. The summed E-state index contributed by atoms with van der Waals surface area (Å²) in [5.74, 6) is 1.15. The summed E-state index contributed by atoms with van der Waals surface area (Å²) in [5.41, 5.74) is 3.69. The summed E-state index contributed by atoms with van der Waals surface area (Å²) in [4.78, 5) is 26.7. The van der Waals surface area contributed by atoms with E-state index in [1.165, 1.54) is 5.56 Å². The van der Waals surface area contributed by atoms with Gasteiger partial charge in [-0.2, -0.15) is 0 Å². The Bertz CT molecular complexity index is 892. The molecule has 0 unspecified atom stereocenters. The number of hydrogen-bond acceptors (Lipinski definition) is 3. The molecule has 1 heterocycles. The van der Waals surface area contributed by atoms with Crippen LogP contribution in [0.4, 0.5) is 16.2 Å². The highest BCUT2D eigenvalue weighted by Crippen LogP contribution is 2.33. The molecule has 2 aliphatic rings. The molecule has 0 spiro atoms. The first kappa shape index (κ1) is 18.3. The Labute approximate surface area is 164 Å². The lowest BCUT2D eigenvalue weighted by Crippen LogP contribution is -2.36. The smallest absolute Gasteiger partial charge is 0.323 e. The van der Waals surface area contributed by atoms with Gasteiger partial charge >= 0.3 is 6.03 Å². The van der Waals surface area contributed by atoms with Crippen molar-refractivity contribution in [1.82, 2.24) is 4.90 Å². The van der Waals surface area contributed by atoms with Crippen LogP contribution in [0.2, 0.25) is 0 Å². The molecule has 6 nitrogen and oxygen atoms in total. The van der Waals surface area contributed by atoms with Crippen molar-refractivity contribution in [2.24, 2.45) is 5.92 Å². The second kappa shape index (κ2) is 7.92. The molecule has 28 heavy (non-hydrogen) atoms. The van der Waals surface area contributed by atoms with Gasteiger partial charge in [0, 0.05) is 24.7 Å². The standard InChI is InChI=1S/C22H25N3O3/c1-2-28-20-6-4-3-5-19(20)24-22(27)23-18-10-9-15-11-12-25(14-17(15)13-18)21(26)16-7-8-16/h3-6,9-10,13,16H,2,7-8,11-12,14H2,1H3,(H2,23,24,27). The van der Waals surface area contributed by atoms with Crippen LogP contribution in [-0.4, -0.2) is 30.0 Å². The van der Waals surface area contributed by atoms with Gasteiger partial charge in [0.1, 0.15) is 5.75 Å². The van der Waals surface area contributed by atoms with Crippen LogP contribution in [0, 0.1) is 5.92 Å². The normalized spacial score (nSPS) is 15.5. The van der Waals surface area contributed by atoms with Gasteiger partial charge in [-0.3, -0.25) is 4.79 Å². The Balaban J connectivity index is 1.42. The molecule has 0 aromatic heterocycles. The second-order valence-electron chi connectivity index (χ2n) is 7.28. The first-order chi connectivity index (χ1) is 13.6. The zero-order chi connectivity index (χ0) is 19.5. The Morgan fingerprint density at radius 3 is 2.71 bits per heavy atom. The third-order valence-corrected chi connectivity index (χ3v) is 5.15. The zero-order valence-electron chi connectivity index (χ0n) is 16.0. The van der Waals surface area contributed by atoms with E-state index in [9.17, 15) is 9.59 Å². The molecule has 0 saturated heterocycles. The van der Waals surface area contributed by atoms with E-state index >= 15 is 0 Å². The molecule has 3 amide bonds. The highest BCUT2D eigenvalue weighted by atomic mass is 16.5. The molecule has 0 radical (unpaired) electrons. The van der Waals surface area contributed by atoms with E-state index < -0.39 is 0 Å². The van der Waals surface area contributed by atoms with Gasteiger partial charge < -0.3 is 20.3 Å². The largest absolute Gasteiger partial charge is 0.492 e. The fourth-order valence-electron chi connectivity index (χ4n) is 3.55. The summed E-state index contributed by atoms with van der Waals surface area (Å²) in [6.07, 6.45) is 2.91. The molecule has 1 saturated carbocycles. The van der Waals surface area contributed by atoms with Crippen LogP contribution in [-0.2, 0) is 17.8 Å². The number of para-hydroxylation sites is 2. The van der Waals surface area contributed by atoms with E-state index in [1.807, 2.05) is 48.2 Å². The minimum atomic E-state index is -0.325. The van der Waals surface area contributed by atoms with Crippen LogP contribution in [0.3, 0.4) is 0 Å². The van der Waals surface area contributed by atoms with E-state index in [0.29, 0.717) is 30.3 Å². The van der Waals surface area contributed by atoms with Gasteiger partial charge in [0.05, 0.1) is 12.3 Å². The third kappa shape index (κ3) is 4.11. The number of benzene rings is 2. The first-order valence-corrected chi connectivity index (χ1v) is 9.84. The number of fused-ring (bicyclic) bond motifs is 1. The van der Waals surface area contributed by atoms with Gasteiger partial charge in [0.25, 0.3) is 0 Å². The molecule has 0 bridgehead atoms. The molecule has 1 aliphatic heterocycles. The number of urea groups is 1. The maximum Gasteiger partial charge on any atom is 0.323 e. The van der Waals surface area contributed by atoms with Crippen LogP contribution >= 0.6 is 0 Å². The lowest BCUT2D eigenvalue weighted by atomic mass is 9.98. The molecule has 2 N–H and O–H groups in total. The number of nitrogens with one attached hydrogen (secondary N) is 2. The number of anilines is 2. The minimum absolute atomic E-state index is 0.235. The van der Waals surface area contributed by atoms with Crippen LogP contribution in [0.1, 0.15) is 30.9 Å². The van der Waals surface area contributed by atoms with Crippen LogP contribution in [0.5, 0.6) is 5.75 Å². The van der Waals surface area contributed by atoms with Gasteiger partial charge in [-0.15, -0.1) is 0 Å². The van der Waals surface area contributed by atoms with Crippen molar-refractivity contribution in [3.8, 4) is 5.75 Å². The van der Waals surface area contributed by atoms with Crippen molar-refractivity contribution in [2.45, 2.75) is 32.7 Å². The van der Waals surface area contributed by atoms with Crippen LogP contribution in [0.25, 0.3) is 0 Å². The SMILES string of the molecule is CCOc1ccccc1NC(=O)Nc1ccc2c(c1)CN(C(=O)C1CC1)CC2. The number of ether oxygens (including phenoxy) is 1. The molecular formula is C22H25N3O3. The molecule has 2 aromatic carbocycles. The Morgan fingerprint density at radius 2 is 1.93 bits per heavy atom. The zero-order valence-corrected chi connectivity index (χ0v) is 16.0. The maximum atomic E-state index is 12.4. The summed E-state index contributed by atoms with van der Waals surface area (Å²) >= 11 is 0. The summed E-state index contributed by atoms with van der Waals surface area (Å²) in [6.45, 7) is 3.83. The number of nitrogens with zero attached hydrogens (tertiary/aromatic N) is 1. The Kier molecular flexibility index (Phi) is 5.19. The van der Waals surface area contributed by atoms with Gasteiger partial charge in [-0.1, -0.05) is 18.2 Å². The van der Waals surface area contributed by atoms with Gasteiger partial charge in [-0.25, -0.2) is 4.79 Å². The number of carbonyl (C=O) groups excluding carboxylic acids is 2. The van der Waals surface area contributed by atoms with Gasteiger partial charge in [-0.05, 0) is 61.6 Å².